The zero-order valence-corrected chi connectivity index (χ0v) is 14.6. The molecule has 0 radical (unpaired) electrons. The van der Waals surface area contributed by atoms with Crippen LogP contribution < -0.4 is 10.1 Å². The lowest BCUT2D eigenvalue weighted by molar-refractivity contribution is 0.136. The Kier molecular flexibility index (Phi) is 4.95. The normalized spacial score (nSPS) is 21.0. The maximum atomic E-state index is 10.4. The maximum Gasteiger partial charge on any atom is 0.132 e. The first-order chi connectivity index (χ1) is 11.1. The Hall–Kier alpha value is -1.49. The van der Waals surface area contributed by atoms with E-state index in [0.717, 1.165) is 22.6 Å². The summed E-state index contributed by atoms with van der Waals surface area (Å²) >= 11 is 1.68. The fraction of sp³-hybridized carbons (Fsp3) is 0.368. The molecule has 0 fully saturated rings. The van der Waals surface area contributed by atoms with Crippen molar-refractivity contribution >= 4 is 11.8 Å². The number of rotatable bonds is 5. The third kappa shape index (κ3) is 3.25. The van der Waals surface area contributed by atoms with Gasteiger partial charge in [-0.2, -0.15) is 0 Å². The van der Waals surface area contributed by atoms with Crippen molar-refractivity contribution in [1.82, 2.24) is 5.32 Å². The van der Waals surface area contributed by atoms with Crippen LogP contribution in [-0.2, 0) is 6.42 Å². The number of hydrogen-bond donors (Lipinski definition) is 2. The Morgan fingerprint density at radius 3 is 2.78 bits per heavy atom. The van der Waals surface area contributed by atoms with Crippen molar-refractivity contribution in [3.05, 3.63) is 59.2 Å². The number of methoxy groups -OCH3 is 1. The summed E-state index contributed by atoms with van der Waals surface area (Å²) in [6.07, 6.45) is 2.39. The standard InChI is InChI=1S/C19H23NO2S/c1-12(13-8-9-18(23-3)17(11-13)22-2)20-19-15-7-5-4-6-14(15)10-16(19)21/h4-9,11-12,16,19-21H,10H2,1-3H3/t12-,16-,19+/m0/s1. The third-order valence-electron chi connectivity index (χ3n) is 4.54. The predicted octanol–water partition coefficient (Wildman–Crippen LogP) is 3.73. The molecule has 0 saturated heterocycles. The van der Waals surface area contributed by atoms with Crippen molar-refractivity contribution in [2.45, 2.75) is 36.4 Å². The number of thioether (sulfide) groups is 1. The Morgan fingerprint density at radius 1 is 1.26 bits per heavy atom. The highest BCUT2D eigenvalue weighted by Gasteiger charge is 2.31. The Bertz CT molecular complexity index is 689. The molecule has 23 heavy (non-hydrogen) atoms. The van der Waals surface area contributed by atoms with E-state index in [-0.39, 0.29) is 18.2 Å². The van der Waals surface area contributed by atoms with Gasteiger partial charge in [0.25, 0.3) is 0 Å². The SMILES string of the molecule is COc1cc([C@H](C)N[C@@H]2c3ccccc3C[C@@H]2O)ccc1SC. The van der Waals surface area contributed by atoms with E-state index < -0.39 is 0 Å². The lowest BCUT2D eigenvalue weighted by atomic mass is 10.0. The van der Waals surface area contributed by atoms with E-state index in [9.17, 15) is 5.11 Å². The zero-order chi connectivity index (χ0) is 16.4. The minimum absolute atomic E-state index is 0.0209. The van der Waals surface area contributed by atoms with Crippen LogP contribution in [0.2, 0.25) is 0 Å². The molecule has 2 aromatic rings. The van der Waals surface area contributed by atoms with Gasteiger partial charge in [0, 0.05) is 17.4 Å². The summed E-state index contributed by atoms with van der Waals surface area (Å²) < 4.78 is 5.48. The van der Waals surface area contributed by atoms with Crippen LogP contribution in [0.15, 0.2) is 47.4 Å². The average Bonchev–Trinajstić information content (AvgIpc) is 2.89. The van der Waals surface area contributed by atoms with Crippen LogP contribution in [0.5, 0.6) is 5.75 Å². The molecule has 1 aliphatic carbocycles. The quantitative estimate of drug-likeness (QED) is 0.820. The lowest BCUT2D eigenvalue weighted by Gasteiger charge is -2.24. The van der Waals surface area contributed by atoms with Gasteiger partial charge in [-0.15, -0.1) is 11.8 Å². The number of benzene rings is 2. The highest BCUT2D eigenvalue weighted by atomic mass is 32.2. The van der Waals surface area contributed by atoms with Gasteiger partial charge in [-0.3, -0.25) is 0 Å². The Labute approximate surface area is 142 Å². The molecular weight excluding hydrogens is 306 g/mol. The maximum absolute atomic E-state index is 10.4. The molecule has 0 spiro atoms. The molecule has 0 unspecified atom stereocenters. The third-order valence-corrected chi connectivity index (χ3v) is 5.32. The van der Waals surface area contributed by atoms with E-state index in [2.05, 4.69) is 42.6 Å². The van der Waals surface area contributed by atoms with Crippen LogP contribution in [0.4, 0.5) is 0 Å². The minimum atomic E-state index is -0.373. The van der Waals surface area contributed by atoms with Gasteiger partial charge in [-0.1, -0.05) is 30.3 Å². The fourth-order valence-corrected chi connectivity index (χ4v) is 3.81. The summed E-state index contributed by atoms with van der Waals surface area (Å²) in [5.74, 6) is 0.899. The van der Waals surface area contributed by atoms with Crippen LogP contribution in [-0.4, -0.2) is 24.6 Å². The molecule has 0 aliphatic heterocycles. The molecule has 0 amide bonds. The van der Waals surface area contributed by atoms with Crippen molar-refractivity contribution in [3.8, 4) is 5.75 Å². The lowest BCUT2D eigenvalue weighted by Crippen LogP contribution is -2.31. The van der Waals surface area contributed by atoms with Gasteiger partial charge in [-0.05, 0) is 42.0 Å². The van der Waals surface area contributed by atoms with E-state index in [1.807, 2.05) is 18.4 Å². The van der Waals surface area contributed by atoms with E-state index in [1.54, 1.807) is 18.9 Å². The van der Waals surface area contributed by atoms with Crippen LogP contribution in [0.3, 0.4) is 0 Å². The highest BCUT2D eigenvalue weighted by Crippen LogP contribution is 2.35. The summed E-state index contributed by atoms with van der Waals surface area (Å²) in [6, 6.07) is 14.7. The smallest absolute Gasteiger partial charge is 0.132 e. The molecule has 0 saturated carbocycles. The number of fused-ring (bicyclic) bond motifs is 1. The summed E-state index contributed by atoms with van der Waals surface area (Å²) in [7, 11) is 1.70. The predicted molar refractivity (Wildman–Crippen MR) is 95.2 cm³/mol. The van der Waals surface area contributed by atoms with Crippen molar-refractivity contribution in [2.24, 2.45) is 0 Å². The second-order valence-electron chi connectivity index (χ2n) is 5.95. The topological polar surface area (TPSA) is 41.5 Å². The number of hydrogen-bond acceptors (Lipinski definition) is 4. The molecule has 4 heteroatoms. The average molecular weight is 329 g/mol. The van der Waals surface area contributed by atoms with Crippen LogP contribution in [0, 0.1) is 0 Å². The van der Waals surface area contributed by atoms with E-state index in [1.165, 1.54) is 11.1 Å². The molecule has 122 valence electrons. The minimum Gasteiger partial charge on any atom is -0.496 e. The Morgan fingerprint density at radius 2 is 2.04 bits per heavy atom. The number of ether oxygens (including phenoxy) is 1. The van der Waals surface area contributed by atoms with Gasteiger partial charge in [0.15, 0.2) is 0 Å². The van der Waals surface area contributed by atoms with Crippen LogP contribution in [0.25, 0.3) is 0 Å². The summed E-state index contributed by atoms with van der Waals surface area (Å²) in [6.45, 7) is 2.13. The van der Waals surface area contributed by atoms with Gasteiger partial charge in [-0.25, -0.2) is 0 Å². The first-order valence-corrected chi connectivity index (χ1v) is 9.10. The van der Waals surface area contributed by atoms with Gasteiger partial charge >= 0.3 is 0 Å². The van der Waals surface area contributed by atoms with Gasteiger partial charge in [0.1, 0.15) is 5.75 Å². The zero-order valence-electron chi connectivity index (χ0n) is 13.7. The second-order valence-corrected chi connectivity index (χ2v) is 6.80. The molecule has 3 atom stereocenters. The monoisotopic (exact) mass is 329 g/mol. The second kappa shape index (κ2) is 6.95. The van der Waals surface area contributed by atoms with Crippen LogP contribution >= 0.6 is 11.8 Å². The summed E-state index contributed by atoms with van der Waals surface area (Å²) in [5.41, 5.74) is 3.61. The Balaban J connectivity index is 1.81. The molecule has 0 bridgehead atoms. The number of aliphatic hydroxyl groups is 1. The molecule has 3 rings (SSSR count). The largest absolute Gasteiger partial charge is 0.496 e. The first-order valence-electron chi connectivity index (χ1n) is 7.88. The van der Waals surface area contributed by atoms with Crippen molar-refractivity contribution in [1.29, 1.82) is 0 Å². The van der Waals surface area contributed by atoms with Crippen molar-refractivity contribution in [2.75, 3.05) is 13.4 Å². The van der Waals surface area contributed by atoms with Gasteiger partial charge in [0.05, 0.1) is 19.3 Å². The first kappa shape index (κ1) is 16.4. The van der Waals surface area contributed by atoms with Gasteiger partial charge in [0.2, 0.25) is 0 Å². The van der Waals surface area contributed by atoms with E-state index in [4.69, 9.17) is 4.74 Å². The number of aliphatic hydroxyl groups excluding tert-OH is 1. The molecule has 2 aromatic carbocycles. The molecule has 2 N–H and O–H groups in total. The highest BCUT2D eigenvalue weighted by molar-refractivity contribution is 7.98. The molecule has 3 nitrogen and oxygen atoms in total. The molecular formula is C19H23NO2S. The van der Waals surface area contributed by atoms with Gasteiger partial charge < -0.3 is 15.2 Å². The summed E-state index contributed by atoms with van der Waals surface area (Å²) in [5, 5.41) is 14.0. The molecule has 0 heterocycles. The fourth-order valence-electron chi connectivity index (χ4n) is 3.26. The molecule has 1 aliphatic rings. The number of nitrogens with one attached hydrogen (secondary N) is 1. The van der Waals surface area contributed by atoms with E-state index >= 15 is 0 Å². The van der Waals surface area contributed by atoms with E-state index in [0.29, 0.717) is 0 Å². The molecule has 0 aromatic heterocycles. The summed E-state index contributed by atoms with van der Waals surface area (Å²) in [4.78, 5) is 1.13. The van der Waals surface area contributed by atoms with Crippen LogP contribution in [0.1, 0.15) is 35.7 Å². The van der Waals surface area contributed by atoms with Crippen molar-refractivity contribution < 1.29 is 9.84 Å². The van der Waals surface area contributed by atoms with Crippen molar-refractivity contribution in [3.63, 3.8) is 0 Å².